The molecule has 2 N–H and O–H groups in total. The lowest BCUT2D eigenvalue weighted by Crippen LogP contribution is -2.41. The minimum atomic E-state index is -0.956. The Morgan fingerprint density at radius 3 is 2.94 bits per heavy atom. The van der Waals surface area contributed by atoms with E-state index in [1.807, 2.05) is 13.8 Å². The van der Waals surface area contributed by atoms with E-state index in [4.69, 9.17) is 0 Å². The van der Waals surface area contributed by atoms with Crippen molar-refractivity contribution in [3.63, 3.8) is 0 Å². The van der Waals surface area contributed by atoms with E-state index in [1.54, 1.807) is 4.90 Å². The number of carbonyl (C=O) groups excluding carboxylic acids is 1. The minimum absolute atomic E-state index is 0.0889. The third-order valence-corrected chi connectivity index (χ3v) is 3.08. The van der Waals surface area contributed by atoms with E-state index in [9.17, 15) is 9.90 Å². The van der Waals surface area contributed by atoms with Crippen molar-refractivity contribution in [2.45, 2.75) is 38.8 Å². The Morgan fingerprint density at radius 2 is 2.35 bits per heavy atom. The number of rotatable bonds is 3. The molecule has 1 aromatic rings. The van der Waals surface area contributed by atoms with Gasteiger partial charge in [0.15, 0.2) is 5.82 Å². The van der Waals surface area contributed by atoms with Crippen LogP contribution >= 0.6 is 0 Å². The molecule has 7 heteroatoms. The summed E-state index contributed by atoms with van der Waals surface area (Å²) in [5, 5.41) is 23.5. The first kappa shape index (κ1) is 12.0. The first-order chi connectivity index (χ1) is 8.11. The van der Waals surface area contributed by atoms with Crippen LogP contribution in [0, 0.1) is 5.92 Å². The summed E-state index contributed by atoms with van der Waals surface area (Å²) in [6.07, 6.45) is 0.758. The minimum Gasteiger partial charge on any atom is -0.383 e. The molecule has 1 aromatic heterocycles. The molecule has 0 spiro atoms. The van der Waals surface area contributed by atoms with E-state index in [2.05, 4.69) is 20.6 Å². The third kappa shape index (κ3) is 2.28. The zero-order valence-corrected chi connectivity index (χ0v) is 10.00. The van der Waals surface area contributed by atoms with Crippen LogP contribution in [0.4, 0.5) is 0 Å². The number of hydrogen-bond donors (Lipinski definition) is 2. The number of H-pyrrole nitrogens is 1. The van der Waals surface area contributed by atoms with Crippen LogP contribution in [0.25, 0.3) is 0 Å². The topological polar surface area (TPSA) is 95.0 Å². The zero-order chi connectivity index (χ0) is 12.4. The fraction of sp³-hybridized carbons (Fsp3) is 0.800. The van der Waals surface area contributed by atoms with Crippen molar-refractivity contribution >= 4 is 5.91 Å². The SMILES string of the molecule is CC(C)[C@H](O)C(=O)N1CCCC1c1nn[nH]n1. The van der Waals surface area contributed by atoms with Crippen LogP contribution in [0.5, 0.6) is 0 Å². The summed E-state index contributed by atoms with van der Waals surface area (Å²) in [6.45, 7) is 4.28. The molecule has 17 heavy (non-hydrogen) atoms. The molecule has 1 amide bonds. The number of nitrogens with one attached hydrogen (secondary N) is 1. The lowest BCUT2D eigenvalue weighted by molar-refractivity contribution is -0.143. The van der Waals surface area contributed by atoms with E-state index in [0.29, 0.717) is 12.4 Å². The Balaban J connectivity index is 2.12. The number of aliphatic hydroxyl groups excluding tert-OH is 1. The van der Waals surface area contributed by atoms with E-state index in [-0.39, 0.29) is 17.9 Å². The maximum Gasteiger partial charge on any atom is 0.252 e. The monoisotopic (exact) mass is 239 g/mol. The molecule has 2 heterocycles. The van der Waals surface area contributed by atoms with Gasteiger partial charge in [-0.2, -0.15) is 5.21 Å². The van der Waals surface area contributed by atoms with E-state index >= 15 is 0 Å². The maximum absolute atomic E-state index is 12.1. The molecule has 1 aliphatic heterocycles. The van der Waals surface area contributed by atoms with Crippen molar-refractivity contribution in [2.75, 3.05) is 6.54 Å². The second-order valence-corrected chi connectivity index (χ2v) is 4.65. The summed E-state index contributed by atoms with van der Waals surface area (Å²) in [7, 11) is 0. The summed E-state index contributed by atoms with van der Waals surface area (Å²) in [5.74, 6) is 0.188. The molecule has 0 aliphatic carbocycles. The lowest BCUT2D eigenvalue weighted by Gasteiger charge is -2.26. The van der Waals surface area contributed by atoms with Crippen molar-refractivity contribution in [1.82, 2.24) is 25.5 Å². The number of aromatic nitrogens is 4. The number of amides is 1. The number of carbonyl (C=O) groups is 1. The van der Waals surface area contributed by atoms with E-state index in [1.165, 1.54) is 0 Å². The van der Waals surface area contributed by atoms with Gasteiger partial charge in [-0.3, -0.25) is 4.79 Å². The molecular formula is C10H17N5O2. The number of aromatic amines is 1. The van der Waals surface area contributed by atoms with E-state index < -0.39 is 6.10 Å². The van der Waals surface area contributed by atoms with Gasteiger partial charge in [-0.15, -0.1) is 10.2 Å². The maximum atomic E-state index is 12.1. The van der Waals surface area contributed by atoms with Gasteiger partial charge in [0.05, 0.1) is 6.04 Å². The van der Waals surface area contributed by atoms with Crippen molar-refractivity contribution in [2.24, 2.45) is 5.92 Å². The second-order valence-electron chi connectivity index (χ2n) is 4.65. The number of nitrogens with zero attached hydrogens (tertiary/aromatic N) is 4. The van der Waals surface area contributed by atoms with Gasteiger partial charge in [-0.1, -0.05) is 19.1 Å². The van der Waals surface area contributed by atoms with Crippen LogP contribution in [0.2, 0.25) is 0 Å². The average molecular weight is 239 g/mol. The Bertz CT molecular complexity index is 378. The fourth-order valence-corrected chi connectivity index (χ4v) is 2.06. The molecule has 0 aromatic carbocycles. The Hall–Kier alpha value is -1.50. The average Bonchev–Trinajstić information content (AvgIpc) is 2.96. The zero-order valence-electron chi connectivity index (χ0n) is 10.00. The van der Waals surface area contributed by atoms with Gasteiger partial charge in [0.1, 0.15) is 6.10 Å². The molecule has 7 nitrogen and oxygen atoms in total. The Labute approximate surface area is 99.2 Å². The van der Waals surface area contributed by atoms with Gasteiger partial charge < -0.3 is 10.0 Å². The number of hydrogen-bond acceptors (Lipinski definition) is 5. The molecule has 94 valence electrons. The largest absolute Gasteiger partial charge is 0.383 e. The van der Waals surface area contributed by atoms with Crippen LogP contribution in [0.1, 0.15) is 38.6 Å². The summed E-state index contributed by atoms with van der Waals surface area (Å²) >= 11 is 0. The van der Waals surface area contributed by atoms with Crippen molar-refractivity contribution in [1.29, 1.82) is 0 Å². The van der Waals surface area contributed by atoms with Crippen LogP contribution < -0.4 is 0 Å². The lowest BCUT2D eigenvalue weighted by atomic mass is 10.1. The molecule has 2 rings (SSSR count). The van der Waals surface area contributed by atoms with Crippen molar-refractivity contribution in [3.05, 3.63) is 5.82 Å². The van der Waals surface area contributed by atoms with Gasteiger partial charge in [0.2, 0.25) is 0 Å². The number of tetrazole rings is 1. The third-order valence-electron chi connectivity index (χ3n) is 3.08. The van der Waals surface area contributed by atoms with Crippen LogP contribution in [-0.2, 0) is 4.79 Å². The predicted molar refractivity (Wildman–Crippen MR) is 58.7 cm³/mol. The van der Waals surface area contributed by atoms with Gasteiger partial charge in [0.25, 0.3) is 5.91 Å². The standard InChI is InChI=1S/C10H17N5O2/c1-6(2)8(16)10(17)15-5-3-4-7(15)9-11-13-14-12-9/h6-8,16H,3-5H2,1-2H3,(H,11,12,13,14)/t7?,8-/m0/s1. The molecule has 1 unspecified atom stereocenters. The van der Waals surface area contributed by atoms with Gasteiger partial charge in [-0.25, -0.2) is 0 Å². The van der Waals surface area contributed by atoms with Crippen LogP contribution in [0.15, 0.2) is 0 Å². The second kappa shape index (κ2) is 4.79. The van der Waals surface area contributed by atoms with Crippen molar-refractivity contribution in [3.8, 4) is 0 Å². The van der Waals surface area contributed by atoms with Crippen molar-refractivity contribution < 1.29 is 9.90 Å². The van der Waals surface area contributed by atoms with Gasteiger partial charge in [0, 0.05) is 6.54 Å². The molecule has 1 aliphatic rings. The molecule has 0 radical (unpaired) electrons. The predicted octanol–water partition coefficient (Wildman–Crippen LogP) is -0.120. The fourth-order valence-electron chi connectivity index (χ4n) is 2.06. The highest BCUT2D eigenvalue weighted by atomic mass is 16.3. The normalized spacial score (nSPS) is 22.1. The van der Waals surface area contributed by atoms with Crippen LogP contribution in [0.3, 0.4) is 0 Å². The van der Waals surface area contributed by atoms with Gasteiger partial charge >= 0.3 is 0 Å². The molecule has 2 atom stereocenters. The summed E-state index contributed by atoms with van der Waals surface area (Å²) < 4.78 is 0. The summed E-state index contributed by atoms with van der Waals surface area (Å²) in [4.78, 5) is 13.7. The first-order valence-corrected chi connectivity index (χ1v) is 5.83. The molecular weight excluding hydrogens is 222 g/mol. The Kier molecular flexibility index (Phi) is 3.37. The summed E-state index contributed by atoms with van der Waals surface area (Å²) in [5.41, 5.74) is 0. The van der Waals surface area contributed by atoms with Gasteiger partial charge in [-0.05, 0) is 18.8 Å². The molecule has 1 saturated heterocycles. The number of likely N-dealkylation sites (tertiary alicyclic amines) is 1. The summed E-state index contributed by atoms with van der Waals surface area (Å²) in [6, 6.07) is -0.158. The number of aliphatic hydroxyl groups is 1. The highest BCUT2D eigenvalue weighted by Gasteiger charge is 2.36. The highest BCUT2D eigenvalue weighted by molar-refractivity contribution is 5.81. The first-order valence-electron chi connectivity index (χ1n) is 5.83. The smallest absolute Gasteiger partial charge is 0.252 e. The van der Waals surface area contributed by atoms with Crippen LogP contribution in [-0.4, -0.2) is 49.2 Å². The molecule has 0 bridgehead atoms. The molecule has 0 saturated carbocycles. The highest BCUT2D eigenvalue weighted by Crippen LogP contribution is 2.30. The Morgan fingerprint density at radius 1 is 1.59 bits per heavy atom. The van der Waals surface area contributed by atoms with E-state index in [0.717, 1.165) is 12.8 Å². The molecule has 1 fully saturated rings. The quantitative estimate of drug-likeness (QED) is 0.766.